The number of nitrogens with zero attached hydrogens (tertiary/aromatic N) is 1. The summed E-state index contributed by atoms with van der Waals surface area (Å²) < 4.78 is 5.03. The zero-order valence-corrected chi connectivity index (χ0v) is 12.0. The van der Waals surface area contributed by atoms with Gasteiger partial charge in [-0.1, -0.05) is 12.1 Å². The lowest BCUT2D eigenvalue weighted by molar-refractivity contribution is 0.194. The van der Waals surface area contributed by atoms with Crippen molar-refractivity contribution in [3.05, 3.63) is 29.8 Å². The molecule has 106 valence electrons. The van der Waals surface area contributed by atoms with Crippen molar-refractivity contribution in [1.82, 2.24) is 5.32 Å². The summed E-state index contributed by atoms with van der Waals surface area (Å²) in [5, 5.41) is 3.44. The molecule has 19 heavy (non-hydrogen) atoms. The molecule has 0 amide bonds. The minimum absolute atomic E-state index is 0.834. The Morgan fingerprint density at radius 3 is 2.53 bits per heavy atom. The zero-order chi connectivity index (χ0) is 13.3. The second kappa shape index (κ2) is 8.18. The molecular formula is C16H26N2O. The van der Waals surface area contributed by atoms with E-state index in [2.05, 4.69) is 34.5 Å². The molecule has 0 bridgehead atoms. The number of rotatable bonds is 7. The van der Waals surface area contributed by atoms with E-state index in [0.29, 0.717) is 0 Å². The largest absolute Gasteiger partial charge is 0.385 e. The van der Waals surface area contributed by atoms with E-state index >= 15 is 0 Å². The van der Waals surface area contributed by atoms with Crippen LogP contribution in [0.15, 0.2) is 24.3 Å². The van der Waals surface area contributed by atoms with Crippen molar-refractivity contribution in [1.29, 1.82) is 0 Å². The van der Waals surface area contributed by atoms with Gasteiger partial charge in [0.15, 0.2) is 0 Å². The molecule has 2 rings (SSSR count). The average molecular weight is 262 g/mol. The normalized spacial score (nSPS) is 15.7. The van der Waals surface area contributed by atoms with E-state index in [0.717, 1.165) is 26.1 Å². The molecule has 0 aliphatic carbocycles. The Morgan fingerprint density at radius 2 is 1.84 bits per heavy atom. The van der Waals surface area contributed by atoms with Gasteiger partial charge < -0.3 is 15.0 Å². The van der Waals surface area contributed by atoms with Crippen LogP contribution in [0, 0.1) is 0 Å². The van der Waals surface area contributed by atoms with Crippen molar-refractivity contribution in [2.45, 2.75) is 32.2 Å². The Morgan fingerprint density at radius 1 is 1.11 bits per heavy atom. The summed E-state index contributed by atoms with van der Waals surface area (Å²) in [5.74, 6) is 0. The van der Waals surface area contributed by atoms with Gasteiger partial charge in [0.1, 0.15) is 0 Å². The number of methoxy groups -OCH3 is 1. The highest BCUT2D eigenvalue weighted by atomic mass is 16.5. The number of hydrogen-bond acceptors (Lipinski definition) is 3. The number of nitrogens with one attached hydrogen (secondary N) is 1. The molecule has 3 nitrogen and oxygen atoms in total. The summed E-state index contributed by atoms with van der Waals surface area (Å²) >= 11 is 0. The molecule has 0 aromatic heterocycles. The standard InChI is InChI=1S/C16H26N2O/c1-19-13-5-10-17-14-15-6-8-16(9-7-15)18-11-3-2-4-12-18/h6-9,17H,2-5,10-14H2,1H3. The van der Waals surface area contributed by atoms with Crippen LogP contribution in [0.25, 0.3) is 0 Å². The molecule has 1 aliphatic heterocycles. The third-order valence-corrected chi connectivity index (χ3v) is 3.69. The van der Waals surface area contributed by atoms with Crippen LogP contribution in [0.1, 0.15) is 31.2 Å². The first-order chi connectivity index (χ1) is 9.40. The molecule has 1 fully saturated rings. The Balaban J connectivity index is 1.74. The fraction of sp³-hybridized carbons (Fsp3) is 0.625. The molecule has 1 saturated heterocycles. The first-order valence-electron chi connectivity index (χ1n) is 7.44. The second-order valence-electron chi connectivity index (χ2n) is 5.24. The zero-order valence-electron chi connectivity index (χ0n) is 12.0. The van der Waals surface area contributed by atoms with Gasteiger partial charge in [0.2, 0.25) is 0 Å². The fourth-order valence-electron chi connectivity index (χ4n) is 2.55. The van der Waals surface area contributed by atoms with Crippen molar-refractivity contribution in [2.75, 3.05) is 38.3 Å². The van der Waals surface area contributed by atoms with Crippen LogP contribution in [-0.2, 0) is 11.3 Å². The highest BCUT2D eigenvalue weighted by Crippen LogP contribution is 2.20. The number of piperidine rings is 1. The number of hydrogen-bond donors (Lipinski definition) is 1. The van der Waals surface area contributed by atoms with Gasteiger partial charge in [-0.25, -0.2) is 0 Å². The molecule has 0 radical (unpaired) electrons. The van der Waals surface area contributed by atoms with E-state index in [9.17, 15) is 0 Å². The number of anilines is 1. The maximum Gasteiger partial charge on any atom is 0.0474 e. The Labute approximate surface area is 116 Å². The van der Waals surface area contributed by atoms with Gasteiger partial charge in [0.25, 0.3) is 0 Å². The van der Waals surface area contributed by atoms with Gasteiger partial charge >= 0.3 is 0 Å². The summed E-state index contributed by atoms with van der Waals surface area (Å²) in [5.41, 5.74) is 2.74. The van der Waals surface area contributed by atoms with E-state index in [1.807, 2.05) is 0 Å². The molecule has 1 aromatic rings. The van der Waals surface area contributed by atoms with E-state index in [1.54, 1.807) is 7.11 Å². The fourth-order valence-corrected chi connectivity index (χ4v) is 2.55. The molecule has 3 heteroatoms. The summed E-state index contributed by atoms with van der Waals surface area (Å²) in [6, 6.07) is 9.01. The van der Waals surface area contributed by atoms with Gasteiger partial charge in [-0.15, -0.1) is 0 Å². The van der Waals surface area contributed by atoms with Crippen molar-refractivity contribution < 1.29 is 4.74 Å². The van der Waals surface area contributed by atoms with Crippen LogP contribution >= 0.6 is 0 Å². The van der Waals surface area contributed by atoms with Crippen LogP contribution in [0.4, 0.5) is 5.69 Å². The lowest BCUT2D eigenvalue weighted by Crippen LogP contribution is -2.29. The molecule has 1 heterocycles. The van der Waals surface area contributed by atoms with Gasteiger partial charge in [-0.05, 0) is 49.9 Å². The number of ether oxygens (including phenoxy) is 1. The molecular weight excluding hydrogens is 236 g/mol. The lowest BCUT2D eigenvalue weighted by Gasteiger charge is -2.28. The average Bonchev–Trinajstić information content (AvgIpc) is 2.49. The van der Waals surface area contributed by atoms with Crippen molar-refractivity contribution in [2.24, 2.45) is 0 Å². The van der Waals surface area contributed by atoms with Crippen LogP contribution in [-0.4, -0.2) is 33.4 Å². The van der Waals surface area contributed by atoms with E-state index in [-0.39, 0.29) is 0 Å². The van der Waals surface area contributed by atoms with Crippen molar-refractivity contribution in [3.63, 3.8) is 0 Å². The first kappa shape index (κ1) is 14.4. The Hall–Kier alpha value is -1.06. The van der Waals surface area contributed by atoms with E-state index in [1.165, 1.54) is 43.6 Å². The monoisotopic (exact) mass is 262 g/mol. The van der Waals surface area contributed by atoms with E-state index in [4.69, 9.17) is 4.74 Å². The predicted molar refractivity (Wildman–Crippen MR) is 80.7 cm³/mol. The van der Waals surface area contributed by atoms with Crippen LogP contribution < -0.4 is 10.2 Å². The van der Waals surface area contributed by atoms with Crippen LogP contribution in [0.3, 0.4) is 0 Å². The highest BCUT2D eigenvalue weighted by molar-refractivity contribution is 5.47. The quantitative estimate of drug-likeness (QED) is 0.765. The first-order valence-corrected chi connectivity index (χ1v) is 7.44. The SMILES string of the molecule is COCCCNCc1ccc(N2CCCCC2)cc1. The summed E-state index contributed by atoms with van der Waals surface area (Å²) in [6.07, 6.45) is 5.13. The minimum Gasteiger partial charge on any atom is -0.385 e. The minimum atomic E-state index is 0.834. The van der Waals surface area contributed by atoms with Gasteiger partial charge in [0, 0.05) is 39.0 Å². The molecule has 0 unspecified atom stereocenters. The highest BCUT2D eigenvalue weighted by Gasteiger charge is 2.10. The summed E-state index contributed by atoms with van der Waals surface area (Å²) in [7, 11) is 1.75. The molecule has 1 N–H and O–H groups in total. The Bertz CT molecular complexity index is 344. The van der Waals surface area contributed by atoms with Gasteiger partial charge in [0.05, 0.1) is 0 Å². The van der Waals surface area contributed by atoms with Crippen molar-refractivity contribution in [3.8, 4) is 0 Å². The predicted octanol–water partition coefficient (Wildman–Crippen LogP) is 2.80. The summed E-state index contributed by atoms with van der Waals surface area (Å²) in [4.78, 5) is 2.50. The topological polar surface area (TPSA) is 24.5 Å². The van der Waals surface area contributed by atoms with Gasteiger partial charge in [-0.3, -0.25) is 0 Å². The smallest absolute Gasteiger partial charge is 0.0474 e. The molecule has 1 aromatic carbocycles. The summed E-state index contributed by atoms with van der Waals surface area (Å²) in [6.45, 7) is 5.23. The Kier molecular flexibility index (Phi) is 6.18. The maximum atomic E-state index is 5.03. The van der Waals surface area contributed by atoms with Gasteiger partial charge in [-0.2, -0.15) is 0 Å². The van der Waals surface area contributed by atoms with Crippen molar-refractivity contribution >= 4 is 5.69 Å². The molecule has 0 spiro atoms. The lowest BCUT2D eigenvalue weighted by atomic mass is 10.1. The van der Waals surface area contributed by atoms with Crippen LogP contribution in [0.2, 0.25) is 0 Å². The third-order valence-electron chi connectivity index (χ3n) is 3.69. The number of benzene rings is 1. The van der Waals surface area contributed by atoms with E-state index < -0.39 is 0 Å². The maximum absolute atomic E-state index is 5.03. The molecule has 1 aliphatic rings. The van der Waals surface area contributed by atoms with Crippen LogP contribution in [0.5, 0.6) is 0 Å². The molecule has 0 atom stereocenters. The molecule has 0 saturated carbocycles. The second-order valence-corrected chi connectivity index (χ2v) is 5.24. The third kappa shape index (κ3) is 4.84.